The van der Waals surface area contributed by atoms with Crippen LogP contribution in [0, 0.1) is 0 Å². The molecule has 26 heavy (non-hydrogen) atoms. The lowest BCUT2D eigenvalue weighted by Gasteiger charge is -2.34. The highest BCUT2D eigenvalue weighted by molar-refractivity contribution is 5.83. The van der Waals surface area contributed by atoms with Crippen LogP contribution in [0.1, 0.15) is 49.7 Å². The van der Waals surface area contributed by atoms with Gasteiger partial charge in [0.1, 0.15) is 0 Å². The van der Waals surface area contributed by atoms with Crippen LogP contribution >= 0.6 is 0 Å². The zero-order chi connectivity index (χ0) is 19.2. The monoisotopic (exact) mass is 372 g/mol. The Hall–Kier alpha value is -1.60. The van der Waals surface area contributed by atoms with E-state index in [4.69, 9.17) is 10.5 Å². The van der Waals surface area contributed by atoms with Crippen LogP contribution in [-0.4, -0.2) is 43.2 Å². The minimum Gasteiger partial charge on any atom is -0.378 e. The molecule has 1 aromatic carbocycles. The Kier molecular flexibility index (Phi) is 7.46. The van der Waals surface area contributed by atoms with E-state index in [1.165, 1.54) is 6.07 Å². The van der Waals surface area contributed by atoms with Gasteiger partial charge in [0.25, 0.3) is 0 Å². The highest BCUT2D eigenvalue weighted by Gasteiger charge is 2.33. The van der Waals surface area contributed by atoms with Gasteiger partial charge in [-0.05, 0) is 43.9 Å². The molecule has 4 nitrogen and oxygen atoms in total. The van der Waals surface area contributed by atoms with Crippen LogP contribution in [0.3, 0.4) is 0 Å². The summed E-state index contributed by atoms with van der Waals surface area (Å²) < 4.78 is 44.6. The van der Waals surface area contributed by atoms with Crippen LogP contribution in [0.25, 0.3) is 0 Å². The second-order valence-electron chi connectivity index (χ2n) is 6.62. The molecule has 0 aliphatic carbocycles. The average Bonchev–Trinajstić information content (AvgIpc) is 2.62. The SMILES string of the molecule is CCC(C(=O)N1CCC(OCCCN)CC1)c1cccc(C(F)(F)F)c1. The number of carbonyl (C=O) groups is 1. The highest BCUT2D eigenvalue weighted by Crippen LogP contribution is 2.32. The fourth-order valence-electron chi connectivity index (χ4n) is 3.28. The minimum atomic E-state index is -4.41. The third kappa shape index (κ3) is 5.45. The molecule has 2 N–H and O–H groups in total. The fourth-order valence-corrected chi connectivity index (χ4v) is 3.28. The molecule has 0 saturated carbocycles. The Morgan fingerprint density at radius 1 is 1.35 bits per heavy atom. The lowest BCUT2D eigenvalue weighted by Crippen LogP contribution is -2.43. The number of carbonyl (C=O) groups excluding carboxylic acids is 1. The van der Waals surface area contributed by atoms with Gasteiger partial charge in [0, 0.05) is 19.7 Å². The third-order valence-electron chi connectivity index (χ3n) is 4.78. The van der Waals surface area contributed by atoms with Gasteiger partial charge in [0.05, 0.1) is 17.6 Å². The highest BCUT2D eigenvalue weighted by atomic mass is 19.4. The van der Waals surface area contributed by atoms with Gasteiger partial charge < -0.3 is 15.4 Å². The molecule has 1 amide bonds. The van der Waals surface area contributed by atoms with Crippen LogP contribution in [0.5, 0.6) is 0 Å². The van der Waals surface area contributed by atoms with Crippen molar-refractivity contribution in [2.24, 2.45) is 5.73 Å². The Morgan fingerprint density at radius 2 is 2.04 bits per heavy atom. The van der Waals surface area contributed by atoms with Gasteiger partial charge in [-0.3, -0.25) is 4.79 Å². The number of alkyl halides is 3. The van der Waals surface area contributed by atoms with E-state index >= 15 is 0 Å². The van der Waals surface area contributed by atoms with Gasteiger partial charge >= 0.3 is 6.18 Å². The number of piperidine rings is 1. The predicted molar refractivity (Wildman–Crippen MR) is 93.7 cm³/mol. The van der Waals surface area contributed by atoms with Crippen LogP contribution in [0.4, 0.5) is 13.2 Å². The molecule has 1 aliphatic rings. The summed E-state index contributed by atoms with van der Waals surface area (Å²) in [6.45, 7) is 4.18. The summed E-state index contributed by atoms with van der Waals surface area (Å²) >= 11 is 0. The number of hydrogen-bond donors (Lipinski definition) is 1. The standard InChI is InChI=1S/C19H27F3N2O2/c1-2-17(14-5-3-6-15(13-14)19(20,21)22)18(25)24-10-7-16(8-11-24)26-12-4-9-23/h3,5-6,13,16-17H,2,4,7-12,23H2,1H3. The first-order chi connectivity index (χ1) is 12.4. The average molecular weight is 372 g/mol. The van der Waals surface area contributed by atoms with E-state index in [-0.39, 0.29) is 12.0 Å². The number of ether oxygens (including phenoxy) is 1. The maximum absolute atomic E-state index is 12.9. The van der Waals surface area contributed by atoms with E-state index in [1.807, 2.05) is 6.92 Å². The van der Waals surface area contributed by atoms with Crippen molar-refractivity contribution in [1.82, 2.24) is 4.90 Å². The van der Waals surface area contributed by atoms with Gasteiger partial charge in [-0.15, -0.1) is 0 Å². The minimum absolute atomic E-state index is 0.104. The molecule has 0 spiro atoms. The zero-order valence-corrected chi connectivity index (χ0v) is 15.1. The largest absolute Gasteiger partial charge is 0.416 e. The molecule has 1 heterocycles. The maximum atomic E-state index is 12.9. The van der Waals surface area contributed by atoms with Crippen molar-refractivity contribution in [1.29, 1.82) is 0 Å². The Labute approximate surface area is 152 Å². The lowest BCUT2D eigenvalue weighted by atomic mass is 9.92. The van der Waals surface area contributed by atoms with Gasteiger partial charge in [0.2, 0.25) is 5.91 Å². The molecule has 0 bridgehead atoms. The number of halogens is 3. The molecule has 1 unspecified atom stereocenters. The number of likely N-dealkylation sites (tertiary alicyclic amines) is 1. The second kappa shape index (κ2) is 9.37. The van der Waals surface area contributed by atoms with Gasteiger partial charge in [0.15, 0.2) is 0 Å². The quantitative estimate of drug-likeness (QED) is 0.745. The predicted octanol–water partition coefficient (Wildman–Crippen LogP) is 3.56. The van der Waals surface area contributed by atoms with E-state index in [2.05, 4.69) is 0 Å². The van der Waals surface area contributed by atoms with Crippen LogP contribution in [-0.2, 0) is 15.7 Å². The number of rotatable bonds is 7. The molecular formula is C19H27F3N2O2. The van der Waals surface area contributed by atoms with Crippen molar-refractivity contribution >= 4 is 5.91 Å². The molecule has 1 fully saturated rings. The van der Waals surface area contributed by atoms with Crippen molar-refractivity contribution in [2.75, 3.05) is 26.2 Å². The molecular weight excluding hydrogens is 345 g/mol. The third-order valence-corrected chi connectivity index (χ3v) is 4.78. The van der Waals surface area contributed by atoms with Crippen molar-refractivity contribution in [2.45, 2.75) is 50.8 Å². The summed E-state index contributed by atoms with van der Waals surface area (Å²) in [6, 6.07) is 5.09. The molecule has 1 aromatic rings. The Balaban J connectivity index is 1.99. The Morgan fingerprint density at radius 3 is 2.62 bits per heavy atom. The van der Waals surface area contributed by atoms with Crippen LogP contribution in [0.2, 0.25) is 0 Å². The van der Waals surface area contributed by atoms with Crippen molar-refractivity contribution < 1.29 is 22.7 Å². The molecule has 146 valence electrons. The first-order valence-electron chi connectivity index (χ1n) is 9.14. The number of nitrogens with zero attached hydrogens (tertiary/aromatic N) is 1. The molecule has 1 atom stereocenters. The lowest BCUT2D eigenvalue weighted by molar-refractivity contribution is -0.138. The molecule has 1 aliphatic heterocycles. The van der Waals surface area contributed by atoms with Crippen LogP contribution in [0.15, 0.2) is 24.3 Å². The van der Waals surface area contributed by atoms with Gasteiger partial charge in [-0.1, -0.05) is 25.1 Å². The van der Waals surface area contributed by atoms with E-state index in [0.29, 0.717) is 38.2 Å². The first kappa shape index (κ1) is 20.7. The van der Waals surface area contributed by atoms with Crippen LogP contribution < -0.4 is 5.73 Å². The smallest absolute Gasteiger partial charge is 0.378 e. The molecule has 0 aromatic heterocycles. The molecule has 7 heteroatoms. The fraction of sp³-hybridized carbons (Fsp3) is 0.632. The topological polar surface area (TPSA) is 55.6 Å². The maximum Gasteiger partial charge on any atom is 0.416 e. The summed E-state index contributed by atoms with van der Waals surface area (Å²) in [6.07, 6.45) is -1.51. The first-order valence-corrected chi connectivity index (χ1v) is 9.14. The van der Waals surface area contributed by atoms with E-state index in [0.717, 1.165) is 31.4 Å². The summed E-state index contributed by atoms with van der Waals surface area (Å²) in [5.41, 5.74) is 5.15. The van der Waals surface area contributed by atoms with Gasteiger partial charge in [-0.2, -0.15) is 13.2 Å². The normalized spacial score (nSPS) is 17.3. The van der Waals surface area contributed by atoms with E-state index < -0.39 is 17.7 Å². The zero-order valence-electron chi connectivity index (χ0n) is 15.1. The van der Waals surface area contributed by atoms with Crippen molar-refractivity contribution in [3.63, 3.8) is 0 Å². The number of benzene rings is 1. The Bertz CT molecular complexity index is 584. The molecule has 2 rings (SSSR count). The number of nitrogens with two attached hydrogens (primary N) is 1. The summed E-state index contributed by atoms with van der Waals surface area (Å²) in [5, 5.41) is 0. The second-order valence-corrected chi connectivity index (χ2v) is 6.62. The van der Waals surface area contributed by atoms with Crippen molar-refractivity contribution in [3.8, 4) is 0 Å². The van der Waals surface area contributed by atoms with Crippen molar-refractivity contribution in [3.05, 3.63) is 35.4 Å². The summed E-state index contributed by atoms with van der Waals surface area (Å²) in [4.78, 5) is 14.6. The number of hydrogen-bond acceptors (Lipinski definition) is 3. The van der Waals surface area contributed by atoms with Gasteiger partial charge in [-0.25, -0.2) is 0 Å². The van der Waals surface area contributed by atoms with E-state index in [1.54, 1.807) is 11.0 Å². The number of amides is 1. The van der Waals surface area contributed by atoms with E-state index in [9.17, 15) is 18.0 Å². The molecule has 1 saturated heterocycles. The molecule has 0 radical (unpaired) electrons. The summed E-state index contributed by atoms with van der Waals surface area (Å²) in [7, 11) is 0. The summed E-state index contributed by atoms with van der Waals surface area (Å²) in [5.74, 6) is -0.653.